The topological polar surface area (TPSA) is 60.1 Å². The van der Waals surface area contributed by atoms with Gasteiger partial charge in [0.05, 0.1) is 5.69 Å². The summed E-state index contributed by atoms with van der Waals surface area (Å²) in [5.74, 6) is -0.238. The third-order valence-corrected chi connectivity index (χ3v) is 5.34. The molecule has 0 fully saturated rings. The van der Waals surface area contributed by atoms with Crippen LogP contribution in [0.25, 0.3) is 10.9 Å². The summed E-state index contributed by atoms with van der Waals surface area (Å²) >= 11 is 0. The van der Waals surface area contributed by atoms with E-state index < -0.39 is 5.54 Å². The molecule has 4 nitrogen and oxygen atoms in total. The van der Waals surface area contributed by atoms with Gasteiger partial charge in [0.25, 0.3) is 0 Å². The van der Waals surface area contributed by atoms with E-state index >= 15 is 0 Å². The Morgan fingerprint density at radius 3 is 2.71 bits per heavy atom. The molecule has 0 aliphatic carbocycles. The Labute approximate surface area is 144 Å². The Balaban J connectivity index is 2.25. The van der Waals surface area contributed by atoms with Crippen molar-refractivity contribution in [2.75, 3.05) is 6.54 Å². The number of aryl methyl sites for hydroxylation is 1. The fraction of sp³-hybridized carbons (Fsp3) is 0.550. The minimum atomic E-state index is -0.726. The zero-order chi connectivity index (χ0) is 17.2. The van der Waals surface area contributed by atoms with Crippen molar-refractivity contribution in [2.45, 2.75) is 64.5 Å². The van der Waals surface area contributed by atoms with Crippen molar-refractivity contribution in [1.29, 1.82) is 0 Å². The maximum Gasteiger partial charge on any atom is 0.243 e. The normalized spacial score (nSPS) is 20.2. The highest BCUT2D eigenvalue weighted by Crippen LogP contribution is 2.39. The fourth-order valence-electron chi connectivity index (χ4n) is 4.12. The average Bonchev–Trinajstić information content (AvgIpc) is 2.93. The molecule has 0 saturated heterocycles. The molecule has 1 atom stereocenters. The van der Waals surface area contributed by atoms with E-state index in [0.717, 1.165) is 57.3 Å². The Hall–Kier alpha value is -1.81. The number of benzene rings is 1. The van der Waals surface area contributed by atoms with Crippen LogP contribution in [-0.2, 0) is 23.3 Å². The number of hydrogen-bond acceptors (Lipinski definition) is 2. The van der Waals surface area contributed by atoms with Crippen LogP contribution in [0, 0.1) is 0 Å². The highest BCUT2D eigenvalue weighted by Gasteiger charge is 2.44. The SMILES string of the molecule is CCCCn1c2c(c3ccccc31)CCNC2(CCCC)C(N)=O. The zero-order valence-electron chi connectivity index (χ0n) is 14.9. The van der Waals surface area contributed by atoms with Gasteiger partial charge in [-0.1, -0.05) is 51.3 Å². The molecular formula is C20H29N3O. The molecule has 130 valence electrons. The first-order valence-corrected chi connectivity index (χ1v) is 9.31. The minimum Gasteiger partial charge on any atom is -0.368 e. The Kier molecular flexibility index (Phi) is 4.95. The molecule has 1 amide bonds. The number of carbonyl (C=O) groups is 1. The highest BCUT2D eigenvalue weighted by molar-refractivity contribution is 5.93. The number of hydrogen-bond donors (Lipinski definition) is 2. The van der Waals surface area contributed by atoms with Crippen molar-refractivity contribution in [1.82, 2.24) is 9.88 Å². The number of para-hydroxylation sites is 1. The lowest BCUT2D eigenvalue weighted by atomic mass is 9.82. The van der Waals surface area contributed by atoms with E-state index in [4.69, 9.17) is 5.73 Å². The molecule has 24 heavy (non-hydrogen) atoms. The van der Waals surface area contributed by atoms with Crippen LogP contribution in [0.2, 0.25) is 0 Å². The van der Waals surface area contributed by atoms with Crippen LogP contribution in [-0.4, -0.2) is 17.0 Å². The van der Waals surface area contributed by atoms with Gasteiger partial charge in [0, 0.05) is 24.0 Å². The lowest BCUT2D eigenvalue weighted by molar-refractivity contribution is -0.125. The van der Waals surface area contributed by atoms with Crippen molar-refractivity contribution in [3.63, 3.8) is 0 Å². The molecule has 0 spiro atoms. The molecule has 4 heteroatoms. The summed E-state index contributed by atoms with van der Waals surface area (Å²) in [7, 11) is 0. The van der Waals surface area contributed by atoms with Crippen molar-refractivity contribution >= 4 is 16.8 Å². The van der Waals surface area contributed by atoms with Gasteiger partial charge in [0.2, 0.25) is 5.91 Å². The number of nitrogens with two attached hydrogens (primary N) is 1. The number of amides is 1. The summed E-state index contributed by atoms with van der Waals surface area (Å²) in [6.07, 6.45) is 6.01. The lowest BCUT2D eigenvalue weighted by Gasteiger charge is -2.37. The van der Waals surface area contributed by atoms with Crippen LogP contribution in [0.1, 0.15) is 57.2 Å². The first kappa shape index (κ1) is 17.0. The highest BCUT2D eigenvalue weighted by atomic mass is 16.1. The number of unbranched alkanes of at least 4 members (excludes halogenated alkanes) is 2. The second kappa shape index (κ2) is 6.98. The van der Waals surface area contributed by atoms with Crippen LogP contribution in [0.5, 0.6) is 0 Å². The monoisotopic (exact) mass is 327 g/mol. The van der Waals surface area contributed by atoms with Gasteiger partial charge in [0.1, 0.15) is 5.54 Å². The third-order valence-electron chi connectivity index (χ3n) is 5.34. The second-order valence-corrected chi connectivity index (χ2v) is 6.90. The Morgan fingerprint density at radius 2 is 2.00 bits per heavy atom. The van der Waals surface area contributed by atoms with E-state index in [1.165, 1.54) is 16.5 Å². The van der Waals surface area contributed by atoms with Crippen LogP contribution in [0.3, 0.4) is 0 Å². The first-order valence-electron chi connectivity index (χ1n) is 9.31. The summed E-state index contributed by atoms with van der Waals surface area (Å²) in [4.78, 5) is 12.6. The summed E-state index contributed by atoms with van der Waals surface area (Å²) in [6, 6.07) is 8.54. The second-order valence-electron chi connectivity index (χ2n) is 6.90. The third kappa shape index (κ3) is 2.63. The van der Waals surface area contributed by atoms with Gasteiger partial charge in [0.15, 0.2) is 0 Å². The van der Waals surface area contributed by atoms with E-state index in [1.807, 2.05) is 0 Å². The van der Waals surface area contributed by atoms with Crippen molar-refractivity contribution in [3.05, 3.63) is 35.5 Å². The molecule has 1 unspecified atom stereocenters. The number of fused-ring (bicyclic) bond motifs is 3. The Morgan fingerprint density at radius 1 is 1.25 bits per heavy atom. The lowest BCUT2D eigenvalue weighted by Crippen LogP contribution is -2.57. The van der Waals surface area contributed by atoms with Crippen molar-refractivity contribution in [3.8, 4) is 0 Å². The number of carbonyl (C=O) groups excluding carboxylic acids is 1. The van der Waals surface area contributed by atoms with Gasteiger partial charge in [-0.2, -0.15) is 0 Å². The standard InChI is InChI=1S/C20H29N3O/c1-3-5-12-20(19(21)24)18-16(11-13-22-20)15-9-7-8-10-17(15)23(18)14-6-4-2/h7-10,22H,3-6,11-14H2,1-2H3,(H2,21,24). The molecule has 2 heterocycles. The van der Waals surface area contributed by atoms with E-state index in [-0.39, 0.29) is 5.91 Å². The average molecular weight is 327 g/mol. The van der Waals surface area contributed by atoms with E-state index in [0.29, 0.717) is 0 Å². The van der Waals surface area contributed by atoms with Crippen molar-refractivity contribution in [2.24, 2.45) is 5.73 Å². The maximum absolute atomic E-state index is 12.6. The molecule has 0 radical (unpaired) electrons. The molecule has 3 N–H and O–H groups in total. The number of nitrogens with one attached hydrogen (secondary N) is 1. The molecule has 3 rings (SSSR count). The molecule has 2 aromatic rings. The summed E-state index contributed by atoms with van der Waals surface area (Å²) < 4.78 is 2.36. The predicted octanol–water partition coefficient (Wildman–Crippen LogP) is 3.46. The summed E-state index contributed by atoms with van der Waals surface area (Å²) in [5, 5.41) is 4.79. The molecule has 1 aliphatic rings. The summed E-state index contributed by atoms with van der Waals surface area (Å²) in [5.41, 5.74) is 8.92. The smallest absolute Gasteiger partial charge is 0.243 e. The van der Waals surface area contributed by atoms with E-state index in [1.54, 1.807) is 0 Å². The first-order chi connectivity index (χ1) is 11.7. The number of aromatic nitrogens is 1. The van der Waals surface area contributed by atoms with Crippen LogP contribution < -0.4 is 11.1 Å². The van der Waals surface area contributed by atoms with Gasteiger partial charge in [-0.05, 0) is 30.9 Å². The number of rotatable bonds is 7. The van der Waals surface area contributed by atoms with Gasteiger partial charge < -0.3 is 10.3 Å². The summed E-state index contributed by atoms with van der Waals surface area (Å²) in [6.45, 7) is 6.11. The van der Waals surface area contributed by atoms with Crippen LogP contribution >= 0.6 is 0 Å². The molecule has 1 aliphatic heterocycles. The maximum atomic E-state index is 12.6. The largest absolute Gasteiger partial charge is 0.368 e. The molecule has 0 bridgehead atoms. The van der Waals surface area contributed by atoms with Crippen LogP contribution in [0.15, 0.2) is 24.3 Å². The van der Waals surface area contributed by atoms with Gasteiger partial charge >= 0.3 is 0 Å². The van der Waals surface area contributed by atoms with Gasteiger partial charge in [-0.3, -0.25) is 10.1 Å². The van der Waals surface area contributed by atoms with Crippen molar-refractivity contribution < 1.29 is 4.79 Å². The minimum absolute atomic E-state index is 0.238. The fourth-order valence-corrected chi connectivity index (χ4v) is 4.12. The number of primary amides is 1. The van der Waals surface area contributed by atoms with E-state index in [9.17, 15) is 4.79 Å². The Bertz CT molecular complexity index is 734. The van der Waals surface area contributed by atoms with Gasteiger partial charge in [-0.25, -0.2) is 0 Å². The molecule has 0 saturated carbocycles. The zero-order valence-corrected chi connectivity index (χ0v) is 14.9. The molecule has 1 aromatic heterocycles. The predicted molar refractivity (Wildman–Crippen MR) is 99.0 cm³/mol. The quantitative estimate of drug-likeness (QED) is 0.818. The van der Waals surface area contributed by atoms with Gasteiger partial charge in [-0.15, -0.1) is 0 Å². The van der Waals surface area contributed by atoms with Crippen LogP contribution in [0.4, 0.5) is 0 Å². The molecule has 1 aromatic carbocycles. The number of nitrogens with zero attached hydrogens (tertiary/aromatic N) is 1. The molecular weight excluding hydrogens is 298 g/mol. The van der Waals surface area contributed by atoms with E-state index in [2.05, 4.69) is 48.0 Å².